The number of hydrogen-bond acceptors (Lipinski definition) is 2. The van der Waals surface area contributed by atoms with Crippen LogP contribution in [0.5, 0.6) is 0 Å². The van der Waals surface area contributed by atoms with E-state index in [1.807, 2.05) is 0 Å². The van der Waals surface area contributed by atoms with E-state index >= 15 is 0 Å². The molecule has 17 heavy (non-hydrogen) atoms. The Bertz CT molecular complexity index is 302. The maximum Gasteiger partial charge on any atom is 0.192 e. The summed E-state index contributed by atoms with van der Waals surface area (Å²) in [4.78, 5) is 0. The van der Waals surface area contributed by atoms with E-state index in [-0.39, 0.29) is 0 Å². The number of allylic oxidation sites excluding steroid dienone is 1. The lowest BCUT2D eigenvalue weighted by molar-refractivity contribution is 0.577. The minimum atomic E-state index is -3.14. The summed E-state index contributed by atoms with van der Waals surface area (Å²) in [5.74, 6) is 0. The molecule has 0 spiro atoms. The van der Waals surface area contributed by atoms with Gasteiger partial charge in [0.25, 0.3) is 0 Å². The minimum absolute atomic E-state index is 0.849. The normalized spacial score (nSPS) is 12.1. The Morgan fingerprint density at radius 1 is 0.941 bits per heavy atom. The highest BCUT2D eigenvalue weighted by atomic mass is 32.2. The van der Waals surface area contributed by atoms with Crippen molar-refractivity contribution in [2.24, 2.45) is 0 Å². The summed E-state index contributed by atoms with van der Waals surface area (Å²) < 4.78 is 22.1. The molecule has 0 radical (unpaired) electrons. The van der Waals surface area contributed by atoms with E-state index in [4.69, 9.17) is 0 Å². The molecule has 0 rings (SSSR count). The van der Waals surface area contributed by atoms with Gasteiger partial charge in [0.1, 0.15) is 0 Å². The molecule has 2 nitrogen and oxygen atoms in total. The predicted octanol–water partition coefficient (Wildman–Crippen LogP) is 4.59. The molecule has 0 heterocycles. The van der Waals surface area contributed by atoms with Gasteiger partial charge < -0.3 is 0 Å². The second-order valence-electron chi connectivity index (χ2n) is 4.39. The number of sulfone groups is 1. The minimum Gasteiger partial charge on any atom is -0.220 e. The Labute approximate surface area is 107 Å². The Balaban J connectivity index is 3.32. The van der Waals surface area contributed by atoms with Crippen molar-refractivity contribution >= 4 is 9.84 Å². The van der Waals surface area contributed by atoms with Gasteiger partial charge in [0.2, 0.25) is 0 Å². The number of unbranched alkanes of at least 4 members (excludes halogenated alkanes) is 8. The molecule has 0 aliphatic rings. The van der Waals surface area contributed by atoms with Gasteiger partial charge in [-0.25, -0.2) is 8.42 Å². The second kappa shape index (κ2) is 10.6. The maximum atomic E-state index is 11.0. The van der Waals surface area contributed by atoms with Crippen molar-refractivity contribution < 1.29 is 8.42 Å². The molecule has 0 bridgehead atoms. The Morgan fingerprint density at radius 2 is 1.47 bits per heavy atom. The van der Waals surface area contributed by atoms with Gasteiger partial charge in [0.05, 0.1) is 0 Å². The van der Waals surface area contributed by atoms with Gasteiger partial charge in [0, 0.05) is 10.8 Å². The molecule has 0 unspecified atom stereocenters. The zero-order valence-corrected chi connectivity index (χ0v) is 11.8. The van der Waals surface area contributed by atoms with E-state index in [0.717, 1.165) is 18.2 Å². The van der Waals surface area contributed by atoms with Crippen LogP contribution in [0.4, 0.5) is 0 Å². The second-order valence-corrected chi connectivity index (χ2v) is 6.17. The maximum absolute atomic E-state index is 11.0. The van der Waals surface area contributed by atoms with Crippen molar-refractivity contribution in [3.05, 3.63) is 23.5 Å². The van der Waals surface area contributed by atoms with E-state index in [1.54, 1.807) is 6.08 Å². The lowest BCUT2D eigenvalue weighted by Gasteiger charge is -1.99. The number of hydrogen-bond donors (Lipinski definition) is 0. The van der Waals surface area contributed by atoms with E-state index in [1.165, 1.54) is 50.4 Å². The highest BCUT2D eigenvalue weighted by Gasteiger charge is 1.95. The molecule has 0 aliphatic heterocycles. The average molecular weight is 258 g/mol. The van der Waals surface area contributed by atoms with Gasteiger partial charge in [-0.15, -0.1) is 0 Å². The number of rotatable bonds is 11. The molecule has 0 N–H and O–H groups in total. The molecule has 0 saturated heterocycles. The summed E-state index contributed by atoms with van der Waals surface area (Å²) in [6.45, 7) is 5.48. The molecule has 0 aromatic carbocycles. The Kier molecular flexibility index (Phi) is 10.2. The van der Waals surface area contributed by atoms with Gasteiger partial charge in [-0.05, 0) is 12.8 Å². The van der Waals surface area contributed by atoms with Crippen LogP contribution in [0, 0.1) is 0 Å². The summed E-state index contributed by atoms with van der Waals surface area (Å²) >= 11 is 0. The zero-order chi connectivity index (χ0) is 13.0. The van der Waals surface area contributed by atoms with Crippen molar-refractivity contribution in [2.75, 3.05) is 0 Å². The highest BCUT2D eigenvalue weighted by molar-refractivity contribution is 7.97. The van der Waals surface area contributed by atoms with Crippen LogP contribution >= 0.6 is 0 Å². The third-order valence-electron chi connectivity index (χ3n) is 2.74. The van der Waals surface area contributed by atoms with Gasteiger partial charge in [-0.3, -0.25) is 0 Å². The van der Waals surface area contributed by atoms with Crippen molar-refractivity contribution in [3.8, 4) is 0 Å². The first-order valence-electron chi connectivity index (χ1n) is 6.66. The van der Waals surface area contributed by atoms with Crippen LogP contribution in [-0.2, 0) is 9.84 Å². The van der Waals surface area contributed by atoms with Crippen molar-refractivity contribution in [2.45, 2.75) is 64.7 Å². The first kappa shape index (κ1) is 16.4. The van der Waals surface area contributed by atoms with Crippen molar-refractivity contribution in [1.82, 2.24) is 0 Å². The van der Waals surface area contributed by atoms with Gasteiger partial charge in [-0.2, -0.15) is 0 Å². The van der Waals surface area contributed by atoms with E-state index in [9.17, 15) is 8.42 Å². The van der Waals surface area contributed by atoms with Gasteiger partial charge >= 0.3 is 0 Å². The highest BCUT2D eigenvalue weighted by Crippen LogP contribution is 2.10. The molecule has 0 saturated carbocycles. The standard InChI is InChI=1S/C14H26O2S/c1-3-5-6-7-8-9-10-11-12-13-14-17(15,16)4-2/h4,13-14H,2-3,5-12H2,1H3/b14-13+. The lowest BCUT2D eigenvalue weighted by atomic mass is 10.1. The molecule has 0 atom stereocenters. The van der Waals surface area contributed by atoms with Crippen LogP contribution in [-0.4, -0.2) is 8.42 Å². The van der Waals surface area contributed by atoms with Crippen LogP contribution in [0.1, 0.15) is 64.7 Å². The summed E-state index contributed by atoms with van der Waals surface area (Å²) in [6.07, 6.45) is 12.8. The fourth-order valence-electron chi connectivity index (χ4n) is 1.65. The molecule has 0 amide bonds. The fourth-order valence-corrected chi connectivity index (χ4v) is 2.17. The summed E-state index contributed by atoms with van der Waals surface area (Å²) in [5.41, 5.74) is 0. The molecule has 100 valence electrons. The van der Waals surface area contributed by atoms with Crippen LogP contribution in [0.2, 0.25) is 0 Å². The molecule has 0 aromatic heterocycles. The molecular weight excluding hydrogens is 232 g/mol. The average Bonchev–Trinajstić information content (AvgIpc) is 2.31. The molecular formula is C14H26O2S. The summed E-state index contributed by atoms with van der Waals surface area (Å²) in [6, 6.07) is 0. The Morgan fingerprint density at radius 3 is 2.00 bits per heavy atom. The molecule has 0 fully saturated rings. The van der Waals surface area contributed by atoms with Gasteiger partial charge in [-0.1, -0.05) is 64.5 Å². The van der Waals surface area contributed by atoms with Crippen LogP contribution in [0.3, 0.4) is 0 Å². The monoisotopic (exact) mass is 258 g/mol. The molecule has 0 aromatic rings. The third kappa shape index (κ3) is 11.7. The van der Waals surface area contributed by atoms with Crippen LogP contribution < -0.4 is 0 Å². The summed E-state index contributed by atoms with van der Waals surface area (Å²) in [7, 11) is -3.14. The largest absolute Gasteiger partial charge is 0.220 e. The Hall–Kier alpha value is -0.570. The smallest absolute Gasteiger partial charge is 0.192 e. The van der Waals surface area contributed by atoms with Crippen LogP contribution in [0.25, 0.3) is 0 Å². The first-order valence-corrected chi connectivity index (χ1v) is 8.27. The van der Waals surface area contributed by atoms with E-state index < -0.39 is 9.84 Å². The van der Waals surface area contributed by atoms with Crippen molar-refractivity contribution in [1.29, 1.82) is 0 Å². The first-order chi connectivity index (χ1) is 8.12. The third-order valence-corrected chi connectivity index (χ3v) is 3.78. The quantitative estimate of drug-likeness (QED) is 0.508. The topological polar surface area (TPSA) is 34.1 Å². The lowest BCUT2D eigenvalue weighted by Crippen LogP contribution is -1.86. The fraction of sp³-hybridized carbons (Fsp3) is 0.714. The molecule has 3 heteroatoms. The SMILES string of the molecule is C=CS(=O)(=O)/C=C/CCCCCCCCCC. The van der Waals surface area contributed by atoms with Gasteiger partial charge in [0.15, 0.2) is 9.84 Å². The zero-order valence-electron chi connectivity index (χ0n) is 11.0. The van der Waals surface area contributed by atoms with E-state index in [0.29, 0.717) is 0 Å². The molecule has 0 aliphatic carbocycles. The van der Waals surface area contributed by atoms with Crippen LogP contribution in [0.15, 0.2) is 23.5 Å². The predicted molar refractivity (Wildman–Crippen MR) is 75.5 cm³/mol. The van der Waals surface area contributed by atoms with Crippen molar-refractivity contribution in [3.63, 3.8) is 0 Å². The summed E-state index contributed by atoms with van der Waals surface area (Å²) in [5, 5.41) is 2.23. The van der Waals surface area contributed by atoms with E-state index in [2.05, 4.69) is 13.5 Å².